The summed E-state index contributed by atoms with van der Waals surface area (Å²) in [6, 6.07) is 2.52. The summed E-state index contributed by atoms with van der Waals surface area (Å²) in [5.41, 5.74) is 5.82. The number of nitrogens with zero attached hydrogens (tertiary/aromatic N) is 4. The standard InChI is InChI=1S/C14H26N6/c1-4-7-16-12-10-13(18-14(15)17-12)20(3)11-5-8-19(2)9-6-11/h10-11H,4-9H2,1-3H3,(H3,15,16,17,18). The van der Waals surface area contributed by atoms with Crippen molar-refractivity contribution in [1.82, 2.24) is 14.9 Å². The van der Waals surface area contributed by atoms with Crippen LogP contribution >= 0.6 is 0 Å². The second kappa shape index (κ2) is 6.74. The fourth-order valence-electron chi connectivity index (χ4n) is 2.55. The highest BCUT2D eigenvalue weighted by atomic mass is 15.2. The van der Waals surface area contributed by atoms with Gasteiger partial charge in [0.25, 0.3) is 0 Å². The van der Waals surface area contributed by atoms with Crippen LogP contribution in [0.1, 0.15) is 26.2 Å². The lowest BCUT2D eigenvalue weighted by Crippen LogP contribution is -2.42. The van der Waals surface area contributed by atoms with Gasteiger partial charge < -0.3 is 20.9 Å². The van der Waals surface area contributed by atoms with Crippen molar-refractivity contribution in [3.05, 3.63) is 6.07 Å². The Kier molecular flexibility index (Phi) is 5.00. The predicted molar refractivity (Wildman–Crippen MR) is 84.1 cm³/mol. The monoisotopic (exact) mass is 278 g/mol. The van der Waals surface area contributed by atoms with Crippen LogP contribution in [0.15, 0.2) is 6.07 Å². The molecule has 0 amide bonds. The van der Waals surface area contributed by atoms with Crippen molar-refractivity contribution in [1.29, 1.82) is 0 Å². The summed E-state index contributed by atoms with van der Waals surface area (Å²) in [6.45, 7) is 5.30. The minimum atomic E-state index is 0.334. The molecule has 0 saturated carbocycles. The van der Waals surface area contributed by atoms with Crippen molar-refractivity contribution in [2.75, 3.05) is 49.7 Å². The number of nitrogen functional groups attached to an aromatic ring is 1. The number of rotatable bonds is 5. The summed E-state index contributed by atoms with van der Waals surface area (Å²) in [7, 11) is 4.27. The molecular formula is C14H26N6. The molecule has 0 radical (unpaired) electrons. The molecule has 6 nitrogen and oxygen atoms in total. The molecule has 1 saturated heterocycles. The van der Waals surface area contributed by atoms with E-state index in [2.05, 4.69) is 46.1 Å². The lowest BCUT2D eigenvalue weighted by atomic mass is 10.0. The van der Waals surface area contributed by atoms with Crippen LogP contribution in [-0.4, -0.2) is 54.6 Å². The molecule has 112 valence electrons. The summed E-state index contributed by atoms with van der Waals surface area (Å²) in [6.07, 6.45) is 3.38. The number of piperidine rings is 1. The zero-order chi connectivity index (χ0) is 14.5. The first-order valence-corrected chi connectivity index (χ1v) is 7.40. The first-order chi connectivity index (χ1) is 9.60. The molecule has 1 aliphatic heterocycles. The molecule has 0 aliphatic carbocycles. The van der Waals surface area contributed by atoms with Crippen LogP contribution in [0, 0.1) is 0 Å². The number of hydrogen-bond acceptors (Lipinski definition) is 6. The first-order valence-electron chi connectivity index (χ1n) is 7.40. The summed E-state index contributed by atoms with van der Waals surface area (Å²) in [5, 5.41) is 3.27. The Morgan fingerprint density at radius 2 is 2.10 bits per heavy atom. The maximum Gasteiger partial charge on any atom is 0.223 e. The summed E-state index contributed by atoms with van der Waals surface area (Å²) >= 11 is 0. The van der Waals surface area contributed by atoms with E-state index >= 15 is 0 Å². The zero-order valence-corrected chi connectivity index (χ0v) is 12.8. The van der Waals surface area contributed by atoms with Gasteiger partial charge in [0.2, 0.25) is 5.95 Å². The van der Waals surface area contributed by atoms with Crippen molar-refractivity contribution < 1.29 is 0 Å². The Morgan fingerprint density at radius 3 is 2.75 bits per heavy atom. The molecule has 6 heteroatoms. The fourth-order valence-corrected chi connectivity index (χ4v) is 2.55. The molecule has 2 rings (SSSR count). The van der Waals surface area contributed by atoms with Crippen LogP contribution in [-0.2, 0) is 0 Å². The van der Waals surface area contributed by atoms with Gasteiger partial charge in [-0.2, -0.15) is 9.97 Å². The second-order valence-electron chi connectivity index (χ2n) is 5.54. The lowest BCUT2D eigenvalue weighted by Gasteiger charge is -2.35. The van der Waals surface area contributed by atoms with E-state index in [1.54, 1.807) is 0 Å². The van der Waals surface area contributed by atoms with Crippen LogP contribution in [0.3, 0.4) is 0 Å². The van der Waals surface area contributed by atoms with E-state index in [4.69, 9.17) is 5.73 Å². The molecule has 0 atom stereocenters. The van der Waals surface area contributed by atoms with Crippen molar-refractivity contribution >= 4 is 17.6 Å². The largest absolute Gasteiger partial charge is 0.370 e. The number of hydrogen-bond donors (Lipinski definition) is 2. The summed E-state index contributed by atoms with van der Waals surface area (Å²) in [4.78, 5) is 13.2. The molecule has 0 aromatic carbocycles. The quantitative estimate of drug-likeness (QED) is 0.848. The van der Waals surface area contributed by atoms with Gasteiger partial charge in [-0.3, -0.25) is 0 Å². The third kappa shape index (κ3) is 3.72. The number of anilines is 3. The average Bonchev–Trinajstić information content (AvgIpc) is 2.44. The van der Waals surface area contributed by atoms with E-state index in [-0.39, 0.29) is 0 Å². The van der Waals surface area contributed by atoms with E-state index in [1.807, 2.05) is 6.07 Å². The van der Waals surface area contributed by atoms with E-state index < -0.39 is 0 Å². The molecule has 3 N–H and O–H groups in total. The minimum Gasteiger partial charge on any atom is -0.370 e. The predicted octanol–water partition coefficient (Wildman–Crippen LogP) is 1.41. The summed E-state index contributed by atoms with van der Waals surface area (Å²) in [5.74, 6) is 2.06. The number of nitrogens with one attached hydrogen (secondary N) is 1. The Labute approximate surface area is 121 Å². The molecular weight excluding hydrogens is 252 g/mol. The highest BCUT2D eigenvalue weighted by Gasteiger charge is 2.22. The zero-order valence-electron chi connectivity index (χ0n) is 12.8. The van der Waals surface area contributed by atoms with Crippen LogP contribution in [0.25, 0.3) is 0 Å². The van der Waals surface area contributed by atoms with Gasteiger partial charge in [-0.15, -0.1) is 0 Å². The van der Waals surface area contributed by atoms with Crippen LogP contribution < -0.4 is 16.0 Å². The molecule has 1 aromatic rings. The minimum absolute atomic E-state index is 0.334. The molecule has 0 spiro atoms. The highest BCUT2D eigenvalue weighted by Crippen LogP contribution is 2.22. The second-order valence-corrected chi connectivity index (χ2v) is 5.54. The maximum atomic E-state index is 5.82. The Morgan fingerprint density at radius 1 is 1.40 bits per heavy atom. The molecule has 1 aliphatic rings. The van der Waals surface area contributed by atoms with Gasteiger partial charge in [0, 0.05) is 25.7 Å². The number of likely N-dealkylation sites (tertiary alicyclic amines) is 1. The van der Waals surface area contributed by atoms with E-state index in [0.29, 0.717) is 12.0 Å². The summed E-state index contributed by atoms with van der Waals surface area (Å²) < 4.78 is 0. The van der Waals surface area contributed by atoms with Gasteiger partial charge in [-0.05, 0) is 39.4 Å². The number of nitrogens with two attached hydrogens (primary N) is 1. The SMILES string of the molecule is CCCNc1cc(N(C)C2CCN(C)CC2)nc(N)n1. The van der Waals surface area contributed by atoms with Gasteiger partial charge in [-0.1, -0.05) is 6.92 Å². The van der Waals surface area contributed by atoms with Crippen LogP contribution in [0.2, 0.25) is 0 Å². The smallest absolute Gasteiger partial charge is 0.223 e. The van der Waals surface area contributed by atoms with Crippen molar-refractivity contribution in [2.45, 2.75) is 32.2 Å². The van der Waals surface area contributed by atoms with E-state index in [0.717, 1.165) is 50.5 Å². The van der Waals surface area contributed by atoms with Crippen LogP contribution in [0.5, 0.6) is 0 Å². The molecule has 1 fully saturated rings. The molecule has 0 unspecified atom stereocenters. The van der Waals surface area contributed by atoms with Crippen molar-refractivity contribution in [2.24, 2.45) is 0 Å². The number of aromatic nitrogens is 2. The molecule has 2 heterocycles. The maximum absolute atomic E-state index is 5.82. The molecule has 0 bridgehead atoms. The topological polar surface area (TPSA) is 70.3 Å². The lowest BCUT2D eigenvalue weighted by molar-refractivity contribution is 0.252. The Balaban J connectivity index is 2.08. The third-order valence-electron chi connectivity index (χ3n) is 3.88. The van der Waals surface area contributed by atoms with Gasteiger partial charge in [0.05, 0.1) is 0 Å². The van der Waals surface area contributed by atoms with Crippen molar-refractivity contribution in [3.8, 4) is 0 Å². The first kappa shape index (κ1) is 14.8. The van der Waals surface area contributed by atoms with E-state index in [1.165, 1.54) is 0 Å². The Hall–Kier alpha value is -1.56. The fraction of sp³-hybridized carbons (Fsp3) is 0.714. The van der Waals surface area contributed by atoms with Crippen molar-refractivity contribution in [3.63, 3.8) is 0 Å². The van der Waals surface area contributed by atoms with Gasteiger partial charge >= 0.3 is 0 Å². The molecule has 20 heavy (non-hydrogen) atoms. The van der Waals surface area contributed by atoms with E-state index in [9.17, 15) is 0 Å². The Bertz CT molecular complexity index is 428. The average molecular weight is 278 g/mol. The third-order valence-corrected chi connectivity index (χ3v) is 3.88. The normalized spacial score (nSPS) is 17.1. The van der Waals surface area contributed by atoms with Crippen LogP contribution in [0.4, 0.5) is 17.6 Å². The highest BCUT2D eigenvalue weighted by molar-refractivity contribution is 5.52. The van der Waals surface area contributed by atoms with Gasteiger partial charge in [-0.25, -0.2) is 0 Å². The van der Waals surface area contributed by atoms with Gasteiger partial charge in [0.15, 0.2) is 0 Å². The van der Waals surface area contributed by atoms with Gasteiger partial charge in [0.1, 0.15) is 11.6 Å². The molecule has 1 aromatic heterocycles.